The quantitative estimate of drug-likeness (QED) is 0.601. The Labute approximate surface area is 177 Å². The fourth-order valence-corrected chi connectivity index (χ4v) is 4.35. The highest BCUT2D eigenvalue weighted by molar-refractivity contribution is 8.02. The van der Waals surface area contributed by atoms with Gasteiger partial charge in [-0.3, -0.25) is 9.59 Å². The lowest BCUT2D eigenvalue weighted by molar-refractivity contribution is -0.126. The molecule has 148 valence electrons. The van der Waals surface area contributed by atoms with Gasteiger partial charge in [-0.05, 0) is 57.2 Å². The number of nitrogens with zero attached hydrogens (tertiary/aromatic N) is 2. The molecule has 0 saturated heterocycles. The molecule has 2 N–H and O–H groups in total. The number of rotatable bonds is 3. The number of para-hydroxylation sites is 1. The Morgan fingerprint density at radius 1 is 1.17 bits per heavy atom. The number of nitrogens with one attached hydrogen (secondary N) is 2. The van der Waals surface area contributed by atoms with Gasteiger partial charge in [0.05, 0.1) is 27.8 Å². The third-order valence-corrected chi connectivity index (χ3v) is 6.79. The summed E-state index contributed by atoms with van der Waals surface area (Å²) in [5.74, 6) is -0.719. The summed E-state index contributed by atoms with van der Waals surface area (Å²) in [5, 5.41) is 10.7. The fraction of sp³-hybridized carbons (Fsp3) is 0.190. The van der Waals surface area contributed by atoms with Crippen LogP contribution >= 0.6 is 23.4 Å². The maximum Gasteiger partial charge on any atom is 0.250 e. The number of carbonyl (C=O) groups is 2. The number of anilines is 2. The largest absolute Gasteiger partial charge is 0.324 e. The van der Waals surface area contributed by atoms with Gasteiger partial charge in [-0.2, -0.15) is 5.10 Å². The Balaban J connectivity index is 1.54. The molecule has 0 aliphatic carbocycles. The van der Waals surface area contributed by atoms with Gasteiger partial charge in [0.25, 0.3) is 0 Å². The van der Waals surface area contributed by atoms with Crippen molar-refractivity contribution in [2.75, 3.05) is 10.6 Å². The third kappa shape index (κ3) is 3.41. The Kier molecular flexibility index (Phi) is 4.88. The zero-order valence-corrected chi connectivity index (χ0v) is 17.7. The molecule has 1 aliphatic rings. The topological polar surface area (TPSA) is 76.0 Å². The Bertz CT molecular complexity index is 1130. The lowest BCUT2D eigenvalue weighted by Gasteiger charge is -2.31. The smallest absolute Gasteiger partial charge is 0.250 e. The normalized spacial score (nSPS) is 18.1. The number of fused-ring (bicyclic) bond motifs is 1. The van der Waals surface area contributed by atoms with Gasteiger partial charge >= 0.3 is 0 Å². The first-order valence-corrected chi connectivity index (χ1v) is 10.2. The highest BCUT2D eigenvalue weighted by Gasteiger charge is 2.45. The van der Waals surface area contributed by atoms with E-state index in [1.807, 2.05) is 50.2 Å². The molecule has 1 aliphatic heterocycles. The van der Waals surface area contributed by atoms with Gasteiger partial charge in [-0.1, -0.05) is 35.5 Å². The number of benzene rings is 2. The summed E-state index contributed by atoms with van der Waals surface area (Å²) in [5.41, 5.74) is 3.76. The molecule has 0 bridgehead atoms. The van der Waals surface area contributed by atoms with Gasteiger partial charge < -0.3 is 10.6 Å². The fourth-order valence-electron chi connectivity index (χ4n) is 3.13. The summed E-state index contributed by atoms with van der Waals surface area (Å²) in [4.78, 5) is 26.4. The van der Waals surface area contributed by atoms with Crippen molar-refractivity contribution in [1.82, 2.24) is 9.78 Å². The highest BCUT2D eigenvalue weighted by Crippen LogP contribution is 2.42. The summed E-state index contributed by atoms with van der Waals surface area (Å²) >= 11 is 7.47. The molecule has 2 amide bonds. The van der Waals surface area contributed by atoms with E-state index in [0.29, 0.717) is 10.7 Å². The van der Waals surface area contributed by atoms with E-state index >= 15 is 0 Å². The summed E-state index contributed by atoms with van der Waals surface area (Å²) in [6.07, 6.45) is 0. The molecule has 0 radical (unpaired) electrons. The Hall–Kier alpha value is -2.77. The van der Waals surface area contributed by atoms with Crippen molar-refractivity contribution in [2.24, 2.45) is 0 Å². The van der Waals surface area contributed by atoms with Crippen LogP contribution in [0.25, 0.3) is 5.69 Å². The standard InChI is InChI=1S/C21H19ClN4O2S/c1-12-18(22)13(2)26(25-12)15-10-8-14(9-11-15)23-19(27)21(3)20(28)24-16-6-4-5-7-17(16)29-21/h4-11H,1-3H3,(H,23,27)(H,24,28). The van der Waals surface area contributed by atoms with E-state index in [-0.39, 0.29) is 11.8 Å². The molecular weight excluding hydrogens is 408 g/mol. The summed E-state index contributed by atoms with van der Waals surface area (Å²) < 4.78 is 0.488. The van der Waals surface area contributed by atoms with Crippen LogP contribution in [0.3, 0.4) is 0 Å². The minimum Gasteiger partial charge on any atom is -0.324 e. The molecule has 0 saturated carbocycles. The van der Waals surface area contributed by atoms with E-state index in [4.69, 9.17) is 11.6 Å². The van der Waals surface area contributed by atoms with Crippen LogP contribution in [0.5, 0.6) is 0 Å². The van der Waals surface area contributed by atoms with Gasteiger partial charge in [0.15, 0.2) is 4.75 Å². The molecule has 6 nitrogen and oxygen atoms in total. The third-order valence-electron chi connectivity index (χ3n) is 4.89. The molecule has 8 heteroatoms. The zero-order valence-electron chi connectivity index (χ0n) is 16.1. The second kappa shape index (κ2) is 7.24. The average molecular weight is 427 g/mol. The van der Waals surface area contributed by atoms with Gasteiger partial charge in [0, 0.05) is 10.6 Å². The maximum atomic E-state index is 12.9. The monoisotopic (exact) mass is 426 g/mol. The molecule has 2 aromatic carbocycles. The highest BCUT2D eigenvalue weighted by atomic mass is 35.5. The first kappa shape index (κ1) is 19.5. The number of halogens is 1. The molecule has 4 rings (SSSR count). The van der Waals surface area contributed by atoms with E-state index in [0.717, 1.165) is 27.7 Å². The molecule has 0 fully saturated rings. The zero-order chi connectivity index (χ0) is 20.8. The van der Waals surface area contributed by atoms with Crippen LogP contribution in [-0.2, 0) is 9.59 Å². The van der Waals surface area contributed by atoms with Crippen molar-refractivity contribution in [3.8, 4) is 5.69 Å². The van der Waals surface area contributed by atoms with Gasteiger partial charge in [0.1, 0.15) is 0 Å². The van der Waals surface area contributed by atoms with Crippen LogP contribution in [-0.4, -0.2) is 26.3 Å². The Morgan fingerprint density at radius 2 is 1.86 bits per heavy atom. The molecule has 2 heterocycles. The molecule has 0 spiro atoms. The number of hydrogen-bond donors (Lipinski definition) is 2. The Morgan fingerprint density at radius 3 is 2.52 bits per heavy atom. The van der Waals surface area contributed by atoms with Gasteiger partial charge in [-0.15, -0.1) is 0 Å². The lowest BCUT2D eigenvalue weighted by Crippen LogP contribution is -2.49. The summed E-state index contributed by atoms with van der Waals surface area (Å²) in [6.45, 7) is 5.38. The first-order valence-electron chi connectivity index (χ1n) is 9.03. The maximum absolute atomic E-state index is 12.9. The van der Waals surface area contributed by atoms with Crippen LogP contribution in [0.15, 0.2) is 53.4 Å². The minimum atomic E-state index is -1.27. The van der Waals surface area contributed by atoms with Crippen molar-refractivity contribution in [3.63, 3.8) is 0 Å². The van der Waals surface area contributed by atoms with Crippen molar-refractivity contribution in [3.05, 3.63) is 64.9 Å². The predicted octanol–water partition coefficient (Wildman–Crippen LogP) is 4.58. The number of carbonyl (C=O) groups excluding carboxylic acids is 2. The summed E-state index contributed by atoms with van der Waals surface area (Å²) in [6, 6.07) is 14.7. The van der Waals surface area contributed by atoms with E-state index in [9.17, 15) is 9.59 Å². The van der Waals surface area contributed by atoms with Gasteiger partial charge in [-0.25, -0.2) is 4.68 Å². The van der Waals surface area contributed by atoms with Crippen LogP contribution in [0.4, 0.5) is 11.4 Å². The number of hydrogen-bond acceptors (Lipinski definition) is 4. The molecule has 29 heavy (non-hydrogen) atoms. The molecule has 1 unspecified atom stereocenters. The minimum absolute atomic E-state index is 0.340. The van der Waals surface area contributed by atoms with Crippen molar-refractivity contribution in [1.29, 1.82) is 0 Å². The number of amides is 2. The summed E-state index contributed by atoms with van der Waals surface area (Å²) in [7, 11) is 0. The van der Waals surface area contributed by atoms with Crippen molar-refractivity contribution < 1.29 is 9.59 Å². The lowest BCUT2D eigenvalue weighted by atomic mass is 10.1. The molecular formula is C21H19ClN4O2S. The second-order valence-corrected chi connectivity index (χ2v) is 8.82. The molecule has 3 aromatic rings. The van der Waals surface area contributed by atoms with Gasteiger partial charge in [0.2, 0.25) is 11.8 Å². The van der Waals surface area contributed by atoms with E-state index < -0.39 is 4.75 Å². The van der Waals surface area contributed by atoms with E-state index in [1.54, 1.807) is 23.7 Å². The number of aromatic nitrogens is 2. The van der Waals surface area contributed by atoms with Crippen LogP contribution in [0.2, 0.25) is 5.02 Å². The van der Waals surface area contributed by atoms with Crippen molar-refractivity contribution in [2.45, 2.75) is 30.4 Å². The van der Waals surface area contributed by atoms with E-state index in [2.05, 4.69) is 15.7 Å². The molecule has 1 aromatic heterocycles. The van der Waals surface area contributed by atoms with Crippen LogP contribution < -0.4 is 10.6 Å². The van der Waals surface area contributed by atoms with Crippen LogP contribution in [0, 0.1) is 13.8 Å². The SMILES string of the molecule is Cc1nn(-c2ccc(NC(=O)C3(C)Sc4ccccc4NC3=O)cc2)c(C)c1Cl. The average Bonchev–Trinajstić information content (AvgIpc) is 2.97. The first-order chi connectivity index (χ1) is 13.8. The van der Waals surface area contributed by atoms with Crippen LogP contribution in [0.1, 0.15) is 18.3 Å². The van der Waals surface area contributed by atoms with E-state index in [1.165, 1.54) is 11.8 Å². The number of thioether (sulfide) groups is 1. The second-order valence-electron chi connectivity index (χ2n) is 6.98. The number of aryl methyl sites for hydroxylation is 1. The molecule has 1 atom stereocenters. The predicted molar refractivity (Wildman–Crippen MR) is 116 cm³/mol. The van der Waals surface area contributed by atoms with Crippen molar-refractivity contribution >= 4 is 46.6 Å².